The molecular formula is C13H17ClN4O. The Bertz CT molecular complexity index is 590. The Kier molecular flexibility index (Phi) is 3.33. The molecule has 5 nitrogen and oxygen atoms in total. The second-order valence-electron chi connectivity index (χ2n) is 5.03. The van der Waals surface area contributed by atoms with Crippen molar-refractivity contribution >= 4 is 23.1 Å². The van der Waals surface area contributed by atoms with Crippen LogP contribution in [-0.4, -0.2) is 40.9 Å². The van der Waals surface area contributed by atoms with Crippen molar-refractivity contribution < 1.29 is 4.74 Å². The highest BCUT2D eigenvalue weighted by molar-refractivity contribution is 6.29. The van der Waals surface area contributed by atoms with E-state index in [1.807, 2.05) is 16.8 Å². The molecule has 2 aromatic rings. The van der Waals surface area contributed by atoms with E-state index in [4.69, 9.17) is 16.3 Å². The summed E-state index contributed by atoms with van der Waals surface area (Å²) in [7, 11) is 0. The zero-order valence-corrected chi connectivity index (χ0v) is 11.9. The number of anilines is 1. The summed E-state index contributed by atoms with van der Waals surface area (Å²) in [5, 5.41) is 4.98. The summed E-state index contributed by atoms with van der Waals surface area (Å²) in [5.74, 6) is 1.37. The molecule has 1 saturated heterocycles. The lowest BCUT2D eigenvalue weighted by molar-refractivity contribution is 0.122. The molecule has 0 aromatic carbocycles. The smallest absolute Gasteiger partial charge is 0.162 e. The molecule has 0 spiro atoms. The van der Waals surface area contributed by atoms with E-state index in [2.05, 4.69) is 28.8 Å². The van der Waals surface area contributed by atoms with Gasteiger partial charge in [-0.05, 0) is 5.92 Å². The molecule has 1 aliphatic rings. The highest BCUT2D eigenvalue weighted by Gasteiger charge is 2.18. The Balaban J connectivity index is 2.13. The topological polar surface area (TPSA) is 42.7 Å². The highest BCUT2D eigenvalue weighted by atomic mass is 35.5. The maximum Gasteiger partial charge on any atom is 0.162 e. The summed E-state index contributed by atoms with van der Waals surface area (Å²) >= 11 is 6.17. The number of morpholine rings is 1. The molecule has 0 saturated carbocycles. The molecule has 1 fully saturated rings. The van der Waals surface area contributed by atoms with E-state index in [0.29, 0.717) is 11.1 Å². The average Bonchev–Trinajstić information content (AvgIpc) is 2.82. The number of fused-ring (bicyclic) bond motifs is 1. The molecule has 2 aromatic heterocycles. The molecule has 1 aliphatic heterocycles. The van der Waals surface area contributed by atoms with Crippen molar-refractivity contribution in [2.45, 2.75) is 19.8 Å². The molecule has 0 bridgehead atoms. The molecule has 19 heavy (non-hydrogen) atoms. The minimum Gasteiger partial charge on any atom is -0.378 e. The van der Waals surface area contributed by atoms with Crippen LogP contribution in [0.3, 0.4) is 0 Å². The van der Waals surface area contributed by atoms with Gasteiger partial charge in [0, 0.05) is 24.7 Å². The van der Waals surface area contributed by atoms with Crippen LogP contribution in [0.4, 0.5) is 5.82 Å². The van der Waals surface area contributed by atoms with Crippen LogP contribution in [0.15, 0.2) is 12.3 Å². The second kappa shape index (κ2) is 4.98. The molecule has 0 amide bonds. The van der Waals surface area contributed by atoms with Crippen molar-refractivity contribution in [3.63, 3.8) is 0 Å². The summed E-state index contributed by atoms with van der Waals surface area (Å²) in [6, 6.07) is 1.87. The predicted molar refractivity (Wildman–Crippen MR) is 75.1 cm³/mol. The third-order valence-electron chi connectivity index (χ3n) is 3.41. The maximum absolute atomic E-state index is 6.17. The van der Waals surface area contributed by atoms with E-state index in [1.54, 1.807) is 0 Å². The molecule has 102 valence electrons. The zero-order valence-electron chi connectivity index (χ0n) is 11.1. The first kappa shape index (κ1) is 12.7. The fourth-order valence-electron chi connectivity index (χ4n) is 2.36. The molecule has 0 atom stereocenters. The number of hydrogen-bond donors (Lipinski definition) is 0. The van der Waals surface area contributed by atoms with Gasteiger partial charge in [0.15, 0.2) is 5.65 Å². The Hall–Kier alpha value is -1.33. The van der Waals surface area contributed by atoms with Gasteiger partial charge in [-0.15, -0.1) is 0 Å². The molecule has 0 radical (unpaired) electrons. The standard InChI is InChI=1S/C13H17ClN4O/c1-9(2)10-8-15-18-12(7-11(14)16-13(10)18)17-3-5-19-6-4-17/h7-9H,3-6H2,1-2H3. The van der Waals surface area contributed by atoms with Gasteiger partial charge in [-0.3, -0.25) is 0 Å². The summed E-state index contributed by atoms with van der Waals surface area (Å²) < 4.78 is 7.27. The van der Waals surface area contributed by atoms with E-state index in [-0.39, 0.29) is 0 Å². The van der Waals surface area contributed by atoms with E-state index in [1.165, 1.54) is 0 Å². The third-order valence-corrected chi connectivity index (χ3v) is 3.60. The van der Waals surface area contributed by atoms with Crippen LogP contribution in [0, 0.1) is 0 Å². The zero-order chi connectivity index (χ0) is 13.4. The van der Waals surface area contributed by atoms with Crippen molar-refractivity contribution in [1.29, 1.82) is 0 Å². The molecule has 0 unspecified atom stereocenters. The van der Waals surface area contributed by atoms with E-state index >= 15 is 0 Å². The molecule has 6 heteroatoms. The van der Waals surface area contributed by atoms with Crippen molar-refractivity contribution in [1.82, 2.24) is 14.6 Å². The summed E-state index contributed by atoms with van der Waals surface area (Å²) in [6.45, 7) is 7.44. The van der Waals surface area contributed by atoms with Gasteiger partial charge in [0.2, 0.25) is 0 Å². The van der Waals surface area contributed by atoms with Crippen molar-refractivity contribution in [3.8, 4) is 0 Å². The third kappa shape index (κ3) is 2.28. The fraction of sp³-hybridized carbons (Fsp3) is 0.538. The quantitative estimate of drug-likeness (QED) is 0.792. The SMILES string of the molecule is CC(C)c1cnn2c(N3CCOCC3)cc(Cl)nc12. The molecule has 0 aliphatic carbocycles. The Labute approximate surface area is 117 Å². The molecule has 3 rings (SSSR count). The van der Waals surface area contributed by atoms with Crippen molar-refractivity contribution in [2.75, 3.05) is 31.2 Å². The van der Waals surface area contributed by atoms with Crippen LogP contribution in [-0.2, 0) is 4.74 Å². The second-order valence-corrected chi connectivity index (χ2v) is 5.41. The van der Waals surface area contributed by atoms with E-state index in [9.17, 15) is 0 Å². The Morgan fingerprint density at radius 3 is 2.74 bits per heavy atom. The monoisotopic (exact) mass is 280 g/mol. The lowest BCUT2D eigenvalue weighted by Gasteiger charge is -2.28. The van der Waals surface area contributed by atoms with Gasteiger partial charge >= 0.3 is 0 Å². The van der Waals surface area contributed by atoms with Crippen LogP contribution in [0.25, 0.3) is 5.65 Å². The number of aromatic nitrogens is 3. The first-order chi connectivity index (χ1) is 9.16. The summed E-state index contributed by atoms with van der Waals surface area (Å²) in [6.07, 6.45) is 1.88. The lowest BCUT2D eigenvalue weighted by atomic mass is 10.1. The normalized spacial score (nSPS) is 16.5. The Morgan fingerprint density at radius 2 is 2.05 bits per heavy atom. The predicted octanol–water partition coefficient (Wildman–Crippen LogP) is 2.34. The number of nitrogens with zero attached hydrogens (tertiary/aromatic N) is 4. The minimum atomic E-state index is 0.376. The van der Waals surface area contributed by atoms with Gasteiger partial charge in [0.05, 0.1) is 19.4 Å². The molecule has 3 heterocycles. The largest absolute Gasteiger partial charge is 0.378 e. The van der Waals surface area contributed by atoms with E-state index in [0.717, 1.165) is 43.3 Å². The number of hydrogen-bond acceptors (Lipinski definition) is 4. The van der Waals surface area contributed by atoms with Crippen LogP contribution in [0.5, 0.6) is 0 Å². The highest BCUT2D eigenvalue weighted by Crippen LogP contribution is 2.26. The van der Waals surface area contributed by atoms with Crippen molar-refractivity contribution in [3.05, 3.63) is 23.0 Å². The van der Waals surface area contributed by atoms with Gasteiger partial charge in [-0.25, -0.2) is 4.98 Å². The molecule has 0 N–H and O–H groups in total. The first-order valence-electron chi connectivity index (χ1n) is 6.53. The molecular weight excluding hydrogens is 264 g/mol. The van der Waals surface area contributed by atoms with Gasteiger partial charge < -0.3 is 9.64 Å². The fourth-order valence-corrected chi connectivity index (χ4v) is 2.54. The van der Waals surface area contributed by atoms with E-state index < -0.39 is 0 Å². The summed E-state index contributed by atoms with van der Waals surface area (Å²) in [4.78, 5) is 6.66. The van der Waals surface area contributed by atoms with Crippen molar-refractivity contribution in [2.24, 2.45) is 0 Å². The first-order valence-corrected chi connectivity index (χ1v) is 6.91. The summed E-state index contributed by atoms with van der Waals surface area (Å²) in [5.41, 5.74) is 1.97. The van der Waals surface area contributed by atoms with Gasteiger partial charge in [-0.1, -0.05) is 25.4 Å². The van der Waals surface area contributed by atoms with Crippen LogP contribution >= 0.6 is 11.6 Å². The van der Waals surface area contributed by atoms with Gasteiger partial charge in [0.1, 0.15) is 11.0 Å². The minimum absolute atomic E-state index is 0.376. The average molecular weight is 281 g/mol. The lowest BCUT2D eigenvalue weighted by Crippen LogP contribution is -2.37. The van der Waals surface area contributed by atoms with Crippen LogP contribution < -0.4 is 4.90 Å². The number of ether oxygens (including phenoxy) is 1. The van der Waals surface area contributed by atoms with Gasteiger partial charge in [-0.2, -0.15) is 9.61 Å². The van der Waals surface area contributed by atoms with Crippen LogP contribution in [0.1, 0.15) is 25.3 Å². The van der Waals surface area contributed by atoms with Gasteiger partial charge in [0.25, 0.3) is 0 Å². The maximum atomic E-state index is 6.17. The number of rotatable bonds is 2. The Morgan fingerprint density at radius 1 is 1.32 bits per heavy atom. The van der Waals surface area contributed by atoms with Crippen LogP contribution in [0.2, 0.25) is 5.15 Å². The number of halogens is 1.